The van der Waals surface area contributed by atoms with Crippen molar-refractivity contribution in [2.24, 2.45) is 17.3 Å². The quantitative estimate of drug-likeness (QED) is 0.139. The first kappa shape index (κ1) is 43.5. The predicted molar refractivity (Wildman–Crippen MR) is 203 cm³/mol. The summed E-state index contributed by atoms with van der Waals surface area (Å²) in [6.07, 6.45) is 5.54. The Kier molecular flexibility index (Phi) is 17.1. The number of nitrogens with zero attached hydrogens (tertiary/aromatic N) is 1. The monoisotopic (exact) mass is 777 g/mol. The van der Waals surface area contributed by atoms with Crippen LogP contribution < -0.4 is 0 Å². The molecule has 0 fully saturated rings. The highest BCUT2D eigenvalue weighted by Gasteiger charge is 2.47. The van der Waals surface area contributed by atoms with E-state index in [0.717, 1.165) is 40.0 Å². The van der Waals surface area contributed by atoms with Crippen LogP contribution in [0.5, 0.6) is 0 Å². The van der Waals surface area contributed by atoms with Gasteiger partial charge in [-0.2, -0.15) is 0 Å². The largest absolute Gasteiger partial charge is 0.508 e. The minimum Gasteiger partial charge on any atom is -0.457 e. The van der Waals surface area contributed by atoms with Crippen LogP contribution in [-0.4, -0.2) is 59.9 Å². The molecule has 276 valence electrons. The summed E-state index contributed by atoms with van der Waals surface area (Å²) in [4.78, 5) is 45.8. The van der Waals surface area contributed by atoms with Gasteiger partial charge in [-0.25, -0.2) is 9.78 Å². The summed E-state index contributed by atoms with van der Waals surface area (Å²) in [5.41, 5.74) is 1.50. The summed E-state index contributed by atoms with van der Waals surface area (Å²) in [6, 6.07) is 2.49. The fourth-order valence-electron chi connectivity index (χ4n) is 6.06. The topological polar surface area (TPSA) is 101 Å². The van der Waals surface area contributed by atoms with Crippen molar-refractivity contribution in [3.63, 3.8) is 0 Å². The summed E-state index contributed by atoms with van der Waals surface area (Å²) in [7, 11) is -2.32. The number of hydrogen-bond donors (Lipinski definition) is 0. The first-order valence-corrected chi connectivity index (χ1v) is 21.6. The van der Waals surface area contributed by atoms with Gasteiger partial charge in [0.05, 0.1) is 29.1 Å². The second-order valence-corrected chi connectivity index (χ2v) is 21.9. The number of Topliss-reactive ketones (excluding diaryl/α,β-unsaturated/α-hetero) is 1. The molecule has 2 heterocycles. The number of carbonyl (C=O) groups excluding carboxylic acids is 3. The van der Waals surface area contributed by atoms with Gasteiger partial charge in [0.25, 0.3) is 0 Å². The van der Waals surface area contributed by atoms with E-state index in [1.807, 2.05) is 57.4 Å². The lowest BCUT2D eigenvalue weighted by molar-refractivity contribution is -0.153. The van der Waals surface area contributed by atoms with Gasteiger partial charge in [-0.3, -0.25) is 9.59 Å². The Morgan fingerprint density at radius 3 is 2.31 bits per heavy atom. The number of halogens is 3. The minimum atomic E-state index is -2.32. The Morgan fingerprint density at radius 1 is 1.12 bits per heavy atom. The van der Waals surface area contributed by atoms with Crippen LogP contribution in [0.15, 0.2) is 34.8 Å². The van der Waals surface area contributed by atoms with Crippen LogP contribution >= 0.6 is 46.1 Å². The number of esters is 1. The molecule has 0 amide bonds. The van der Waals surface area contributed by atoms with Crippen molar-refractivity contribution in [1.29, 1.82) is 0 Å². The van der Waals surface area contributed by atoms with Gasteiger partial charge in [-0.15, -0.1) is 11.3 Å². The van der Waals surface area contributed by atoms with Crippen molar-refractivity contribution in [2.45, 2.75) is 129 Å². The molecule has 0 saturated heterocycles. The van der Waals surface area contributed by atoms with E-state index in [2.05, 4.69) is 25.8 Å². The highest BCUT2D eigenvalue weighted by Crippen LogP contribution is 2.38. The SMILES string of the molecule is CC[Si](CC)(CC)O[C@H]1CC(=O)O[C@H](/C(C)=C/c2csc(C)n2)C/C=C(C)\C=C\C[C@H](C)[C@H](OC(=O)OCC(Cl)(Cl)Cl)[C@@H](C)C(=O)C1(C)C. The average molecular weight is 779 g/mol. The molecule has 0 aromatic carbocycles. The summed E-state index contributed by atoms with van der Waals surface area (Å²) < 4.78 is 22.2. The first-order chi connectivity index (χ1) is 22.8. The average Bonchev–Trinajstić information content (AvgIpc) is 3.45. The second kappa shape index (κ2) is 19.2. The molecule has 49 heavy (non-hydrogen) atoms. The highest BCUT2D eigenvalue weighted by atomic mass is 35.6. The molecule has 1 aliphatic rings. The van der Waals surface area contributed by atoms with Crippen molar-refractivity contribution >= 4 is 78.4 Å². The fourth-order valence-corrected chi connectivity index (χ4v) is 9.77. The fraction of sp³-hybridized carbons (Fsp3) is 0.667. The molecule has 0 bridgehead atoms. The van der Waals surface area contributed by atoms with Crippen molar-refractivity contribution in [3.05, 3.63) is 45.5 Å². The lowest BCUT2D eigenvalue weighted by Gasteiger charge is -2.42. The standard InChI is InChI=1S/C36H54Cl3NO7SSi/c1-11-49(12-2,13-3)47-30-20-31(41)45-29(25(6)19-28-21-48-27(8)40-28)18-17-23(4)15-14-16-24(5)32(26(7)33(42)35(30,9)10)46-34(43)44-22-36(37,38)39/h14-15,17,19,21,24,26,29-30,32H,11-13,16,18,20,22H2,1-10H3/b15-14+,23-17-,25-19+/t24-,26+,29-,30-,32-/m0/s1. The lowest BCUT2D eigenvalue weighted by atomic mass is 9.73. The van der Waals surface area contributed by atoms with Gasteiger partial charge in [0, 0.05) is 17.2 Å². The van der Waals surface area contributed by atoms with E-state index in [4.69, 9.17) is 53.4 Å². The van der Waals surface area contributed by atoms with E-state index in [-0.39, 0.29) is 18.1 Å². The molecule has 0 spiro atoms. The molecule has 13 heteroatoms. The zero-order valence-electron chi connectivity index (χ0n) is 30.6. The number of aryl methyl sites for hydroxylation is 1. The van der Waals surface area contributed by atoms with Gasteiger partial charge >= 0.3 is 12.1 Å². The van der Waals surface area contributed by atoms with Crippen LogP contribution in [-0.2, 0) is 28.2 Å². The Balaban J connectivity index is 2.63. The Morgan fingerprint density at radius 2 is 1.76 bits per heavy atom. The number of aromatic nitrogens is 1. The summed E-state index contributed by atoms with van der Waals surface area (Å²) in [6.45, 7) is 18.9. The molecule has 1 aromatic heterocycles. The molecule has 0 unspecified atom stereocenters. The number of alkyl halides is 3. The van der Waals surface area contributed by atoms with Crippen molar-refractivity contribution < 1.29 is 33.0 Å². The van der Waals surface area contributed by atoms with Gasteiger partial charge < -0.3 is 18.6 Å². The number of ether oxygens (including phenoxy) is 3. The van der Waals surface area contributed by atoms with Crippen molar-refractivity contribution in [2.75, 3.05) is 6.61 Å². The maximum absolute atomic E-state index is 14.6. The molecule has 2 rings (SSSR count). The molecule has 5 atom stereocenters. The second-order valence-electron chi connectivity index (χ2n) is 13.6. The third-order valence-electron chi connectivity index (χ3n) is 9.51. The Labute approximate surface area is 313 Å². The molecule has 8 nitrogen and oxygen atoms in total. The van der Waals surface area contributed by atoms with E-state index in [0.29, 0.717) is 12.8 Å². The molecule has 0 N–H and O–H groups in total. The van der Waals surface area contributed by atoms with Crippen LogP contribution in [0.3, 0.4) is 0 Å². The smallest absolute Gasteiger partial charge is 0.457 e. The van der Waals surface area contributed by atoms with Gasteiger partial charge in [-0.1, -0.05) is 107 Å². The van der Waals surface area contributed by atoms with E-state index < -0.39 is 60.5 Å². The van der Waals surface area contributed by atoms with E-state index in [1.165, 1.54) is 0 Å². The number of rotatable bonds is 9. The van der Waals surface area contributed by atoms with Crippen LogP contribution in [0, 0.1) is 24.2 Å². The number of carbonyl (C=O) groups is 3. The normalized spacial score (nSPS) is 26.8. The van der Waals surface area contributed by atoms with Gasteiger partial charge in [0.1, 0.15) is 24.6 Å². The van der Waals surface area contributed by atoms with E-state index in [9.17, 15) is 14.4 Å². The lowest BCUT2D eigenvalue weighted by Crippen LogP contribution is -2.52. The van der Waals surface area contributed by atoms with Crippen LogP contribution in [0.25, 0.3) is 6.08 Å². The third-order valence-corrected chi connectivity index (χ3v) is 15.3. The molecule has 0 saturated carbocycles. The van der Waals surface area contributed by atoms with Gasteiger partial charge in [0.15, 0.2) is 8.32 Å². The predicted octanol–water partition coefficient (Wildman–Crippen LogP) is 10.6. The van der Waals surface area contributed by atoms with Crippen molar-refractivity contribution in [1.82, 2.24) is 4.98 Å². The Bertz CT molecular complexity index is 1360. The van der Waals surface area contributed by atoms with Crippen LogP contribution in [0.4, 0.5) is 4.79 Å². The minimum absolute atomic E-state index is 0.116. The zero-order chi connectivity index (χ0) is 37.2. The molecular weight excluding hydrogens is 725 g/mol. The zero-order valence-corrected chi connectivity index (χ0v) is 34.7. The maximum atomic E-state index is 14.6. The van der Waals surface area contributed by atoms with Gasteiger partial charge in [-0.05, 0) is 62.9 Å². The van der Waals surface area contributed by atoms with Crippen LogP contribution in [0.2, 0.25) is 18.1 Å². The number of allylic oxidation sites excluding steroid dienone is 3. The molecule has 0 aliphatic carbocycles. The number of cyclic esters (lactones) is 1. The first-order valence-electron chi connectivity index (χ1n) is 17.0. The summed E-state index contributed by atoms with van der Waals surface area (Å²) in [5.74, 6) is -1.74. The number of thiazole rings is 1. The summed E-state index contributed by atoms with van der Waals surface area (Å²) >= 11 is 18.9. The molecule has 1 aliphatic heterocycles. The van der Waals surface area contributed by atoms with Crippen LogP contribution in [0.1, 0.15) is 92.3 Å². The third kappa shape index (κ3) is 13.4. The molecule has 1 aromatic rings. The van der Waals surface area contributed by atoms with E-state index in [1.54, 1.807) is 32.1 Å². The van der Waals surface area contributed by atoms with Gasteiger partial charge in [0.2, 0.25) is 3.79 Å². The number of ketones is 1. The van der Waals surface area contributed by atoms with Crippen molar-refractivity contribution in [3.8, 4) is 0 Å². The number of hydrogen-bond acceptors (Lipinski definition) is 9. The van der Waals surface area contributed by atoms with E-state index >= 15 is 0 Å². The Hall–Kier alpha value is -1.69. The molecular formula is C36H54Cl3NO7SSi. The maximum Gasteiger partial charge on any atom is 0.508 e. The molecule has 0 radical (unpaired) electrons. The highest BCUT2D eigenvalue weighted by molar-refractivity contribution is 7.09. The summed E-state index contributed by atoms with van der Waals surface area (Å²) in [5, 5.41) is 2.93.